The first kappa shape index (κ1) is 22.8. The minimum atomic E-state index is -3.32. The molecule has 0 radical (unpaired) electrons. The molecule has 2 aromatic carbocycles. The van der Waals surface area contributed by atoms with Gasteiger partial charge in [0.25, 0.3) is 11.5 Å². The molecular formula is C24H20F2N4O4S. The fourth-order valence-corrected chi connectivity index (χ4v) is 5.49. The molecule has 0 atom stereocenters. The SMILES string of the molecule is Cn1cc2c3c(c(C(N)=O)n(-c4c(F)cccc4F)c3c1=O)CNc1ccc(CS(C)(=O)=O)cc1-2. The summed E-state index contributed by atoms with van der Waals surface area (Å²) in [5, 5.41) is 3.49. The van der Waals surface area contributed by atoms with Crippen LogP contribution in [0.2, 0.25) is 0 Å². The molecule has 180 valence electrons. The number of primary amides is 1. The highest BCUT2D eigenvalue weighted by Gasteiger charge is 2.31. The first-order valence-corrected chi connectivity index (χ1v) is 12.6. The highest BCUT2D eigenvalue weighted by atomic mass is 32.2. The molecule has 5 rings (SSSR count). The number of aryl methyl sites for hydroxylation is 1. The van der Waals surface area contributed by atoms with Crippen LogP contribution in [-0.2, 0) is 29.2 Å². The van der Waals surface area contributed by atoms with E-state index in [1.165, 1.54) is 17.7 Å². The minimum Gasteiger partial charge on any atom is -0.380 e. The highest BCUT2D eigenvalue weighted by Crippen LogP contribution is 2.42. The summed E-state index contributed by atoms with van der Waals surface area (Å²) >= 11 is 0. The third kappa shape index (κ3) is 3.59. The number of hydrogen-bond acceptors (Lipinski definition) is 5. The first-order valence-electron chi connectivity index (χ1n) is 10.5. The van der Waals surface area contributed by atoms with Crippen molar-refractivity contribution in [2.75, 3.05) is 11.6 Å². The molecule has 0 saturated heterocycles. The largest absolute Gasteiger partial charge is 0.380 e. The highest BCUT2D eigenvalue weighted by molar-refractivity contribution is 7.89. The third-order valence-electron chi connectivity index (χ3n) is 6.04. The van der Waals surface area contributed by atoms with Crippen LogP contribution in [0.25, 0.3) is 27.7 Å². The Bertz CT molecular complexity index is 1720. The van der Waals surface area contributed by atoms with Gasteiger partial charge in [0.15, 0.2) is 9.84 Å². The van der Waals surface area contributed by atoms with E-state index in [1.807, 2.05) is 0 Å². The smallest absolute Gasteiger partial charge is 0.275 e. The van der Waals surface area contributed by atoms with Crippen molar-refractivity contribution in [2.24, 2.45) is 12.8 Å². The molecule has 1 aliphatic heterocycles. The maximum Gasteiger partial charge on any atom is 0.275 e. The van der Waals surface area contributed by atoms with Crippen LogP contribution in [0.4, 0.5) is 14.5 Å². The number of rotatable bonds is 4. The van der Waals surface area contributed by atoms with Gasteiger partial charge in [-0.15, -0.1) is 0 Å². The number of carbonyl (C=O) groups excluding carboxylic acids is 1. The molecule has 0 bridgehead atoms. The number of nitrogens with zero attached hydrogens (tertiary/aromatic N) is 2. The Labute approximate surface area is 198 Å². The fourth-order valence-electron chi connectivity index (χ4n) is 4.70. The van der Waals surface area contributed by atoms with Gasteiger partial charge < -0.3 is 15.6 Å². The van der Waals surface area contributed by atoms with Gasteiger partial charge in [-0.2, -0.15) is 0 Å². The Hall–Kier alpha value is -3.99. The second-order valence-electron chi connectivity index (χ2n) is 8.58. The van der Waals surface area contributed by atoms with Gasteiger partial charge in [0.1, 0.15) is 28.5 Å². The standard InChI is InChI=1S/C24H20F2N4O4S/c1-29-10-15-13-8-12(11-35(2,33)34)6-7-18(13)28-9-14-19(15)22(24(29)32)30(20(14)23(27)31)21-16(25)4-3-5-17(21)26/h3-8,10,28H,9,11H2,1-2H3,(H2,27,31). The number of halogens is 2. The zero-order valence-corrected chi connectivity index (χ0v) is 19.5. The Morgan fingerprint density at radius 1 is 1.14 bits per heavy atom. The summed E-state index contributed by atoms with van der Waals surface area (Å²) in [6.45, 7) is 0.0381. The number of fused-ring (bicyclic) bond motifs is 2. The van der Waals surface area contributed by atoms with Crippen molar-refractivity contribution in [3.63, 3.8) is 0 Å². The molecule has 35 heavy (non-hydrogen) atoms. The molecule has 0 aliphatic carbocycles. The molecule has 3 N–H and O–H groups in total. The van der Waals surface area contributed by atoms with Crippen LogP contribution in [-0.4, -0.2) is 29.7 Å². The molecule has 1 amide bonds. The number of sulfone groups is 1. The quantitative estimate of drug-likeness (QED) is 0.449. The van der Waals surface area contributed by atoms with Crippen molar-refractivity contribution in [2.45, 2.75) is 12.3 Å². The Morgan fingerprint density at radius 2 is 1.83 bits per heavy atom. The molecule has 11 heteroatoms. The van der Waals surface area contributed by atoms with E-state index in [4.69, 9.17) is 5.73 Å². The number of carbonyl (C=O) groups is 1. The number of amides is 1. The second-order valence-corrected chi connectivity index (χ2v) is 10.7. The average molecular weight is 499 g/mol. The summed E-state index contributed by atoms with van der Waals surface area (Å²) in [5.74, 6) is -3.10. The Kier molecular flexibility index (Phi) is 5.06. The Morgan fingerprint density at radius 3 is 2.46 bits per heavy atom. The van der Waals surface area contributed by atoms with Gasteiger partial charge in [-0.1, -0.05) is 12.1 Å². The summed E-state index contributed by atoms with van der Waals surface area (Å²) in [7, 11) is -1.84. The normalized spacial score (nSPS) is 12.8. The van der Waals surface area contributed by atoms with Gasteiger partial charge in [-0.05, 0) is 29.8 Å². The van der Waals surface area contributed by atoms with Crippen molar-refractivity contribution < 1.29 is 22.0 Å². The van der Waals surface area contributed by atoms with Gasteiger partial charge in [-0.25, -0.2) is 17.2 Å². The van der Waals surface area contributed by atoms with Crippen molar-refractivity contribution in [3.8, 4) is 16.8 Å². The monoisotopic (exact) mass is 498 g/mol. The molecule has 2 aromatic heterocycles. The molecule has 4 aromatic rings. The molecule has 8 nitrogen and oxygen atoms in total. The fraction of sp³-hybridized carbons (Fsp3) is 0.167. The van der Waals surface area contributed by atoms with E-state index in [-0.39, 0.29) is 23.5 Å². The van der Waals surface area contributed by atoms with Crippen molar-refractivity contribution in [3.05, 3.63) is 81.4 Å². The van der Waals surface area contributed by atoms with Crippen LogP contribution in [0, 0.1) is 11.6 Å². The summed E-state index contributed by atoms with van der Waals surface area (Å²) in [6, 6.07) is 8.31. The zero-order valence-electron chi connectivity index (χ0n) is 18.7. The summed E-state index contributed by atoms with van der Waals surface area (Å²) in [5.41, 5.74) is 6.73. The molecule has 0 spiro atoms. The lowest BCUT2D eigenvalue weighted by molar-refractivity contribution is 0.0993. The van der Waals surface area contributed by atoms with E-state index < -0.39 is 38.6 Å². The van der Waals surface area contributed by atoms with E-state index in [9.17, 15) is 26.8 Å². The van der Waals surface area contributed by atoms with Crippen LogP contribution in [0.15, 0.2) is 47.4 Å². The van der Waals surface area contributed by atoms with E-state index in [1.54, 1.807) is 24.4 Å². The number of para-hydroxylation sites is 1. The lowest BCUT2D eigenvalue weighted by atomic mass is 9.99. The number of anilines is 1. The number of aromatic nitrogens is 2. The van der Waals surface area contributed by atoms with E-state index in [0.29, 0.717) is 33.3 Å². The minimum absolute atomic E-state index is 0.0381. The summed E-state index contributed by atoms with van der Waals surface area (Å²) in [4.78, 5) is 26.0. The molecule has 0 unspecified atom stereocenters. The number of nitrogens with one attached hydrogen (secondary N) is 1. The van der Waals surface area contributed by atoms with Crippen LogP contribution in [0.5, 0.6) is 0 Å². The van der Waals surface area contributed by atoms with Gasteiger partial charge in [0.2, 0.25) is 0 Å². The summed E-state index contributed by atoms with van der Waals surface area (Å²) < 4.78 is 55.8. The number of pyridine rings is 1. The van der Waals surface area contributed by atoms with E-state index in [2.05, 4.69) is 5.32 Å². The molecule has 3 heterocycles. The lowest BCUT2D eigenvalue weighted by Crippen LogP contribution is -2.23. The molecule has 1 aliphatic rings. The van der Waals surface area contributed by atoms with Gasteiger partial charge in [0, 0.05) is 53.8 Å². The van der Waals surface area contributed by atoms with E-state index in [0.717, 1.165) is 23.0 Å². The van der Waals surface area contributed by atoms with Crippen LogP contribution in [0.3, 0.4) is 0 Å². The number of hydrogen-bond donors (Lipinski definition) is 2. The van der Waals surface area contributed by atoms with Crippen LogP contribution < -0.4 is 16.6 Å². The molecule has 0 saturated carbocycles. The van der Waals surface area contributed by atoms with Crippen LogP contribution in [0.1, 0.15) is 21.6 Å². The van der Waals surface area contributed by atoms with Crippen LogP contribution >= 0.6 is 0 Å². The molecular weight excluding hydrogens is 478 g/mol. The maximum absolute atomic E-state index is 14.9. The van der Waals surface area contributed by atoms with Crippen molar-refractivity contribution in [1.29, 1.82) is 0 Å². The lowest BCUT2D eigenvalue weighted by Gasteiger charge is -2.15. The van der Waals surface area contributed by atoms with E-state index >= 15 is 0 Å². The second kappa shape index (κ2) is 7.77. The van der Waals surface area contributed by atoms with Crippen molar-refractivity contribution >= 4 is 32.3 Å². The number of nitrogens with two attached hydrogens (primary N) is 1. The van der Waals surface area contributed by atoms with Gasteiger partial charge >= 0.3 is 0 Å². The predicted molar refractivity (Wildman–Crippen MR) is 128 cm³/mol. The van der Waals surface area contributed by atoms with Crippen molar-refractivity contribution in [1.82, 2.24) is 9.13 Å². The number of benzene rings is 2. The summed E-state index contributed by atoms with van der Waals surface area (Å²) in [6.07, 6.45) is 2.68. The third-order valence-corrected chi connectivity index (χ3v) is 6.90. The predicted octanol–water partition coefficient (Wildman–Crippen LogP) is 2.84. The molecule has 0 fully saturated rings. The van der Waals surface area contributed by atoms with Gasteiger partial charge in [-0.3, -0.25) is 14.2 Å². The topological polar surface area (TPSA) is 116 Å². The average Bonchev–Trinajstić information content (AvgIpc) is 3.01. The van der Waals surface area contributed by atoms with Gasteiger partial charge in [0.05, 0.1) is 5.75 Å². The maximum atomic E-state index is 14.9. The zero-order chi connectivity index (χ0) is 25.2. The first-order chi connectivity index (χ1) is 16.5. The Balaban J connectivity index is 1.96.